The Morgan fingerprint density at radius 3 is 2.63 bits per heavy atom. The van der Waals surface area contributed by atoms with Crippen LogP contribution in [0.3, 0.4) is 0 Å². The van der Waals surface area contributed by atoms with Crippen molar-refractivity contribution in [2.45, 2.75) is 18.8 Å². The molecule has 2 aromatic rings. The molecule has 0 fully saturated rings. The summed E-state index contributed by atoms with van der Waals surface area (Å²) in [6, 6.07) is 11.2. The Kier molecular flexibility index (Phi) is 6.01. The van der Waals surface area contributed by atoms with E-state index in [-0.39, 0.29) is 24.2 Å². The molecular formula is C20H21BrN2O4. The number of para-hydroxylation sites is 1. The van der Waals surface area contributed by atoms with Crippen molar-refractivity contribution >= 4 is 33.4 Å². The van der Waals surface area contributed by atoms with Crippen LogP contribution >= 0.6 is 15.9 Å². The summed E-state index contributed by atoms with van der Waals surface area (Å²) in [5.74, 6) is 0.805. The van der Waals surface area contributed by atoms with E-state index in [4.69, 9.17) is 9.47 Å². The van der Waals surface area contributed by atoms with E-state index >= 15 is 0 Å². The number of anilines is 1. The summed E-state index contributed by atoms with van der Waals surface area (Å²) in [5, 5.41) is 5.76. The first-order valence-electron chi connectivity index (χ1n) is 8.60. The average molecular weight is 433 g/mol. The van der Waals surface area contributed by atoms with Gasteiger partial charge in [0, 0.05) is 16.7 Å². The molecule has 142 valence electrons. The molecule has 2 N–H and O–H groups in total. The van der Waals surface area contributed by atoms with E-state index in [9.17, 15) is 9.59 Å². The van der Waals surface area contributed by atoms with E-state index < -0.39 is 0 Å². The number of hydrogen-bond acceptors (Lipinski definition) is 4. The van der Waals surface area contributed by atoms with Crippen molar-refractivity contribution < 1.29 is 19.1 Å². The number of methoxy groups -OCH3 is 2. The number of halogens is 1. The third-order valence-corrected chi connectivity index (χ3v) is 5.31. The molecule has 0 unspecified atom stereocenters. The zero-order chi connectivity index (χ0) is 19.4. The summed E-state index contributed by atoms with van der Waals surface area (Å²) in [7, 11) is 3.12. The van der Waals surface area contributed by atoms with Gasteiger partial charge in [0.1, 0.15) is 0 Å². The molecule has 27 heavy (non-hydrogen) atoms. The average Bonchev–Trinajstić information content (AvgIpc) is 2.98. The maximum Gasteiger partial charge on any atom is 0.232 e. The van der Waals surface area contributed by atoms with Gasteiger partial charge in [0.15, 0.2) is 11.5 Å². The van der Waals surface area contributed by atoms with E-state index in [0.29, 0.717) is 24.5 Å². The number of nitrogens with one attached hydrogen (secondary N) is 2. The van der Waals surface area contributed by atoms with Crippen LogP contribution < -0.4 is 20.1 Å². The molecule has 1 heterocycles. The van der Waals surface area contributed by atoms with Crippen LogP contribution in [0.25, 0.3) is 0 Å². The van der Waals surface area contributed by atoms with Crippen LogP contribution in [0.5, 0.6) is 11.5 Å². The summed E-state index contributed by atoms with van der Waals surface area (Å²) < 4.78 is 11.3. The smallest absolute Gasteiger partial charge is 0.232 e. The topological polar surface area (TPSA) is 76.7 Å². The van der Waals surface area contributed by atoms with Gasteiger partial charge in [0.05, 0.1) is 26.6 Å². The van der Waals surface area contributed by atoms with Gasteiger partial charge in [-0.05, 0) is 35.7 Å². The summed E-state index contributed by atoms with van der Waals surface area (Å²) in [4.78, 5) is 24.4. The first-order valence-corrected chi connectivity index (χ1v) is 9.39. The van der Waals surface area contributed by atoms with E-state index in [1.807, 2.05) is 24.3 Å². The molecule has 3 rings (SSSR count). The normalized spacial score (nSPS) is 15.1. The largest absolute Gasteiger partial charge is 0.493 e. The lowest BCUT2D eigenvalue weighted by Gasteiger charge is -2.13. The third-order valence-electron chi connectivity index (χ3n) is 4.57. The third kappa shape index (κ3) is 4.24. The molecule has 2 aromatic carbocycles. The van der Waals surface area contributed by atoms with Gasteiger partial charge < -0.3 is 20.1 Å². The van der Waals surface area contributed by atoms with Gasteiger partial charge in [0.2, 0.25) is 11.8 Å². The Balaban J connectivity index is 1.57. The minimum atomic E-state index is -0.227. The van der Waals surface area contributed by atoms with Gasteiger partial charge in [-0.3, -0.25) is 9.59 Å². The second-order valence-corrected chi connectivity index (χ2v) is 7.10. The van der Waals surface area contributed by atoms with Crippen molar-refractivity contribution in [2.24, 2.45) is 0 Å². The molecule has 1 aliphatic heterocycles. The molecule has 0 bridgehead atoms. The number of carbonyl (C=O) groups is 2. The van der Waals surface area contributed by atoms with Crippen LogP contribution in [0.15, 0.2) is 40.9 Å². The minimum absolute atomic E-state index is 0.0203. The lowest BCUT2D eigenvalue weighted by molar-refractivity contribution is -0.121. The quantitative estimate of drug-likeness (QED) is 0.703. The molecule has 0 saturated heterocycles. The molecule has 0 aromatic heterocycles. The number of carbonyl (C=O) groups excluding carboxylic acids is 2. The number of amides is 2. The predicted octanol–water partition coefficient (Wildman–Crippen LogP) is 3.25. The Labute approximate surface area is 166 Å². The Morgan fingerprint density at radius 2 is 1.89 bits per heavy atom. The number of ether oxygens (including phenoxy) is 2. The number of fused-ring (bicyclic) bond motifs is 1. The molecule has 0 aliphatic carbocycles. The summed E-state index contributed by atoms with van der Waals surface area (Å²) in [5.41, 5.74) is 2.64. The van der Waals surface area contributed by atoms with Crippen molar-refractivity contribution in [3.63, 3.8) is 0 Å². The van der Waals surface area contributed by atoms with Crippen molar-refractivity contribution in [1.82, 2.24) is 5.32 Å². The van der Waals surface area contributed by atoms with Crippen LogP contribution in [0.2, 0.25) is 0 Å². The molecule has 0 radical (unpaired) electrons. The van der Waals surface area contributed by atoms with E-state index in [0.717, 1.165) is 21.3 Å². The standard InChI is InChI=1S/C20H21BrN2O4/c1-26-17-9-12(15(21)11-18(17)27-2)10-19(24)22-8-7-14-13-5-3-4-6-16(13)23-20(14)25/h3-6,9,11,14H,7-8,10H2,1-2H3,(H,22,24)(H,23,25)/t14-/m1/s1. The van der Waals surface area contributed by atoms with Gasteiger partial charge in [0.25, 0.3) is 0 Å². The van der Waals surface area contributed by atoms with E-state index in [2.05, 4.69) is 26.6 Å². The molecular weight excluding hydrogens is 412 g/mol. The highest BCUT2D eigenvalue weighted by atomic mass is 79.9. The highest BCUT2D eigenvalue weighted by Gasteiger charge is 2.29. The number of rotatable bonds is 7. The molecule has 1 atom stereocenters. The van der Waals surface area contributed by atoms with E-state index in [1.165, 1.54) is 0 Å². The van der Waals surface area contributed by atoms with Gasteiger partial charge >= 0.3 is 0 Å². The maximum atomic E-state index is 12.3. The second kappa shape index (κ2) is 8.43. The molecule has 1 aliphatic rings. The fourth-order valence-electron chi connectivity index (χ4n) is 3.19. The monoisotopic (exact) mass is 432 g/mol. The first-order chi connectivity index (χ1) is 13.0. The van der Waals surface area contributed by atoms with Gasteiger partial charge in [-0.2, -0.15) is 0 Å². The van der Waals surface area contributed by atoms with Crippen molar-refractivity contribution in [3.8, 4) is 11.5 Å². The molecule has 7 heteroatoms. The fourth-order valence-corrected chi connectivity index (χ4v) is 3.65. The van der Waals surface area contributed by atoms with Crippen LogP contribution in [-0.4, -0.2) is 32.6 Å². The molecule has 0 spiro atoms. The SMILES string of the molecule is COc1cc(Br)c(CC(=O)NCC[C@H]2C(=O)Nc3ccccc32)cc1OC. The zero-order valence-corrected chi connectivity index (χ0v) is 16.8. The van der Waals surface area contributed by atoms with Crippen LogP contribution in [0.1, 0.15) is 23.5 Å². The Morgan fingerprint density at radius 1 is 1.19 bits per heavy atom. The van der Waals surface area contributed by atoms with Gasteiger partial charge in [-0.25, -0.2) is 0 Å². The Bertz CT molecular complexity index is 869. The van der Waals surface area contributed by atoms with Gasteiger partial charge in [-0.15, -0.1) is 0 Å². The maximum absolute atomic E-state index is 12.3. The summed E-state index contributed by atoms with van der Waals surface area (Å²) in [6.45, 7) is 0.427. The molecule has 0 saturated carbocycles. The number of hydrogen-bond donors (Lipinski definition) is 2. The fraction of sp³-hybridized carbons (Fsp3) is 0.300. The van der Waals surface area contributed by atoms with Crippen LogP contribution in [0, 0.1) is 0 Å². The minimum Gasteiger partial charge on any atom is -0.493 e. The molecule has 2 amide bonds. The van der Waals surface area contributed by atoms with Crippen molar-refractivity contribution in [3.05, 3.63) is 52.0 Å². The van der Waals surface area contributed by atoms with Gasteiger partial charge in [-0.1, -0.05) is 34.1 Å². The number of benzene rings is 2. The van der Waals surface area contributed by atoms with Crippen molar-refractivity contribution in [1.29, 1.82) is 0 Å². The molecule has 6 nitrogen and oxygen atoms in total. The first kappa shape index (κ1) is 19.2. The predicted molar refractivity (Wildman–Crippen MR) is 106 cm³/mol. The zero-order valence-electron chi connectivity index (χ0n) is 15.2. The second-order valence-electron chi connectivity index (χ2n) is 6.24. The summed E-state index contributed by atoms with van der Waals surface area (Å²) >= 11 is 3.46. The lowest BCUT2D eigenvalue weighted by Crippen LogP contribution is -2.28. The van der Waals surface area contributed by atoms with E-state index in [1.54, 1.807) is 26.4 Å². The van der Waals surface area contributed by atoms with Crippen LogP contribution in [0.4, 0.5) is 5.69 Å². The van der Waals surface area contributed by atoms with Crippen LogP contribution in [-0.2, 0) is 16.0 Å². The highest BCUT2D eigenvalue weighted by Crippen LogP contribution is 2.34. The highest BCUT2D eigenvalue weighted by molar-refractivity contribution is 9.10. The Hall–Kier alpha value is -2.54. The summed E-state index contributed by atoms with van der Waals surface area (Å²) in [6.07, 6.45) is 0.760. The van der Waals surface area contributed by atoms with Crippen molar-refractivity contribution in [2.75, 3.05) is 26.1 Å². The lowest BCUT2D eigenvalue weighted by atomic mass is 9.97.